The number of fused-ring (bicyclic) bond motifs is 1. The third-order valence-electron chi connectivity index (χ3n) is 4.26. The van der Waals surface area contributed by atoms with Gasteiger partial charge in [-0.15, -0.1) is 0 Å². The molecule has 0 saturated carbocycles. The number of nitrogens with zero attached hydrogens (tertiary/aromatic N) is 4. The van der Waals surface area contributed by atoms with Crippen LogP contribution in [0.4, 0.5) is 0 Å². The molecule has 0 bridgehead atoms. The van der Waals surface area contributed by atoms with Crippen LogP contribution >= 0.6 is 11.6 Å². The van der Waals surface area contributed by atoms with E-state index in [2.05, 4.69) is 10.1 Å². The molecule has 130 valence electrons. The maximum atomic E-state index is 13.2. The van der Waals surface area contributed by atoms with Crippen LogP contribution in [0.3, 0.4) is 0 Å². The third kappa shape index (κ3) is 3.37. The van der Waals surface area contributed by atoms with Crippen LogP contribution in [0.25, 0.3) is 11.0 Å². The first kappa shape index (κ1) is 17.4. The largest absolute Gasteiger partial charge is 0.335 e. The Balaban J connectivity index is 2.02. The molecule has 3 aromatic rings. The van der Waals surface area contributed by atoms with E-state index in [1.807, 2.05) is 63.1 Å². The van der Waals surface area contributed by atoms with Crippen molar-refractivity contribution in [1.82, 2.24) is 19.7 Å². The van der Waals surface area contributed by atoms with Crippen molar-refractivity contribution in [2.75, 3.05) is 6.54 Å². The first-order valence-electron chi connectivity index (χ1n) is 8.25. The van der Waals surface area contributed by atoms with E-state index in [1.165, 1.54) is 0 Å². The topological polar surface area (TPSA) is 51.0 Å². The molecule has 5 nitrogen and oxygen atoms in total. The van der Waals surface area contributed by atoms with Gasteiger partial charge in [0, 0.05) is 30.9 Å². The third-order valence-corrected chi connectivity index (χ3v) is 4.49. The molecule has 1 aromatic carbocycles. The number of carbonyl (C=O) groups excluding carboxylic acids is 1. The summed E-state index contributed by atoms with van der Waals surface area (Å²) < 4.78 is 1.72. The lowest BCUT2D eigenvalue weighted by atomic mass is 10.1. The molecule has 0 aliphatic rings. The molecule has 0 unspecified atom stereocenters. The van der Waals surface area contributed by atoms with Gasteiger partial charge in [-0.3, -0.25) is 9.48 Å². The van der Waals surface area contributed by atoms with E-state index in [4.69, 9.17) is 11.6 Å². The lowest BCUT2D eigenvalue weighted by Gasteiger charge is -2.22. The van der Waals surface area contributed by atoms with Crippen molar-refractivity contribution in [3.63, 3.8) is 0 Å². The zero-order chi connectivity index (χ0) is 18.1. The number of aryl methyl sites for hydroxylation is 3. The molecule has 3 rings (SSSR count). The summed E-state index contributed by atoms with van der Waals surface area (Å²) in [5.41, 5.74) is 4.01. The Morgan fingerprint density at radius 1 is 1.28 bits per heavy atom. The van der Waals surface area contributed by atoms with Crippen molar-refractivity contribution >= 4 is 28.5 Å². The molecular formula is C19H21ClN4O. The summed E-state index contributed by atoms with van der Waals surface area (Å²) in [6.45, 7) is 6.89. The van der Waals surface area contributed by atoms with Gasteiger partial charge in [0.15, 0.2) is 5.65 Å². The summed E-state index contributed by atoms with van der Waals surface area (Å²) in [5.74, 6) is -0.0194. The number of rotatable bonds is 4. The van der Waals surface area contributed by atoms with Gasteiger partial charge in [-0.25, -0.2) is 4.98 Å². The Bertz CT molecular complexity index is 948. The van der Waals surface area contributed by atoms with Crippen LogP contribution in [0.15, 0.2) is 30.3 Å². The van der Waals surface area contributed by atoms with Crippen molar-refractivity contribution < 1.29 is 4.79 Å². The molecule has 0 spiro atoms. The van der Waals surface area contributed by atoms with E-state index < -0.39 is 0 Å². The smallest absolute Gasteiger partial charge is 0.255 e. The number of aromatic nitrogens is 3. The quantitative estimate of drug-likeness (QED) is 0.712. The first-order chi connectivity index (χ1) is 11.9. The molecule has 2 aromatic heterocycles. The van der Waals surface area contributed by atoms with E-state index in [9.17, 15) is 4.79 Å². The van der Waals surface area contributed by atoms with Gasteiger partial charge in [-0.05, 0) is 44.5 Å². The van der Waals surface area contributed by atoms with Gasteiger partial charge in [0.25, 0.3) is 5.91 Å². The second kappa shape index (κ2) is 6.84. The molecule has 2 heterocycles. The second-order valence-electron chi connectivity index (χ2n) is 6.17. The Kier molecular flexibility index (Phi) is 4.77. The zero-order valence-electron chi connectivity index (χ0n) is 14.9. The fourth-order valence-corrected chi connectivity index (χ4v) is 3.30. The monoisotopic (exact) mass is 356 g/mol. The van der Waals surface area contributed by atoms with Crippen LogP contribution in [0.5, 0.6) is 0 Å². The average molecular weight is 357 g/mol. The SMILES string of the molecule is CCN(Cc1cccc(Cl)c1)C(=O)c1cc(C)nc2c1c(C)nn2C. The minimum atomic E-state index is -0.0194. The maximum Gasteiger partial charge on any atom is 0.255 e. The normalized spacial score (nSPS) is 11.1. The number of pyridine rings is 1. The van der Waals surface area contributed by atoms with Crippen LogP contribution in [0.2, 0.25) is 5.02 Å². The predicted molar refractivity (Wildman–Crippen MR) is 99.8 cm³/mol. The maximum absolute atomic E-state index is 13.2. The van der Waals surface area contributed by atoms with Crippen molar-refractivity contribution in [2.24, 2.45) is 7.05 Å². The highest BCUT2D eigenvalue weighted by Crippen LogP contribution is 2.24. The molecule has 0 aliphatic heterocycles. The molecule has 1 amide bonds. The van der Waals surface area contributed by atoms with Gasteiger partial charge in [0.1, 0.15) is 0 Å². The van der Waals surface area contributed by atoms with Gasteiger partial charge in [-0.2, -0.15) is 5.10 Å². The van der Waals surface area contributed by atoms with E-state index in [1.54, 1.807) is 4.68 Å². The molecule has 0 aliphatic carbocycles. The Morgan fingerprint density at radius 2 is 2.04 bits per heavy atom. The van der Waals surface area contributed by atoms with E-state index in [0.717, 1.165) is 28.0 Å². The Hall–Kier alpha value is -2.40. The lowest BCUT2D eigenvalue weighted by molar-refractivity contribution is 0.0754. The molecule has 0 N–H and O–H groups in total. The van der Waals surface area contributed by atoms with Crippen LogP contribution in [-0.2, 0) is 13.6 Å². The minimum absolute atomic E-state index is 0.0194. The minimum Gasteiger partial charge on any atom is -0.335 e. The van der Waals surface area contributed by atoms with Gasteiger partial charge >= 0.3 is 0 Å². The van der Waals surface area contributed by atoms with Crippen molar-refractivity contribution in [3.8, 4) is 0 Å². The lowest BCUT2D eigenvalue weighted by Crippen LogP contribution is -2.30. The molecule has 0 radical (unpaired) electrons. The van der Waals surface area contributed by atoms with Gasteiger partial charge in [0.05, 0.1) is 16.6 Å². The summed E-state index contributed by atoms with van der Waals surface area (Å²) in [5, 5.41) is 5.92. The Morgan fingerprint density at radius 3 is 2.72 bits per heavy atom. The molecule has 25 heavy (non-hydrogen) atoms. The summed E-state index contributed by atoms with van der Waals surface area (Å²) in [6, 6.07) is 9.44. The Labute approximate surface area is 152 Å². The van der Waals surface area contributed by atoms with Crippen LogP contribution in [0, 0.1) is 13.8 Å². The summed E-state index contributed by atoms with van der Waals surface area (Å²) >= 11 is 6.07. The van der Waals surface area contributed by atoms with Crippen LogP contribution in [0.1, 0.15) is 34.2 Å². The summed E-state index contributed by atoms with van der Waals surface area (Å²) in [6.07, 6.45) is 0. The highest BCUT2D eigenvalue weighted by molar-refractivity contribution is 6.30. The highest BCUT2D eigenvalue weighted by atomic mass is 35.5. The van der Waals surface area contributed by atoms with Crippen molar-refractivity contribution in [3.05, 3.63) is 57.9 Å². The van der Waals surface area contributed by atoms with Crippen LogP contribution < -0.4 is 0 Å². The number of carbonyl (C=O) groups is 1. The van der Waals surface area contributed by atoms with Crippen LogP contribution in [-0.4, -0.2) is 32.1 Å². The van der Waals surface area contributed by atoms with E-state index >= 15 is 0 Å². The number of halogens is 1. The standard InChI is InChI=1S/C19H21ClN4O/c1-5-24(11-14-7-6-8-15(20)10-14)19(25)16-9-12(2)21-18-17(16)13(3)22-23(18)4/h6-10H,5,11H2,1-4H3. The summed E-state index contributed by atoms with van der Waals surface area (Å²) in [4.78, 5) is 19.6. The van der Waals surface area contributed by atoms with Gasteiger partial charge in [-0.1, -0.05) is 23.7 Å². The number of hydrogen-bond donors (Lipinski definition) is 0. The second-order valence-corrected chi connectivity index (χ2v) is 6.60. The zero-order valence-corrected chi connectivity index (χ0v) is 15.6. The highest BCUT2D eigenvalue weighted by Gasteiger charge is 2.21. The number of amides is 1. The van der Waals surface area contributed by atoms with Gasteiger partial charge < -0.3 is 4.90 Å². The van der Waals surface area contributed by atoms with E-state index in [-0.39, 0.29) is 5.91 Å². The number of benzene rings is 1. The van der Waals surface area contributed by atoms with Gasteiger partial charge in [0.2, 0.25) is 0 Å². The summed E-state index contributed by atoms with van der Waals surface area (Å²) in [7, 11) is 1.85. The average Bonchev–Trinajstić information content (AvgIpc) is 2.85. The van der Waals surface area contributed by atoms with Crippen molar-refractivity contribution in [1.29, 1.82) is 0 Å². The predicted octanol–water partition coefficient (Wildman–Crippen LogP) is 3.90. The van der Waals surface area contributed by atoms with E-state index in [0.29, 0.717) is 23.7 Å². The number of hydrogen-bond acceptors (Lipinski definition) is 3. The molecule has 0 saturated heterocycles. The molecular weight excluding hydrogens is 336 g/mol. The molecule has 6 heteroatoms. The molecule has 0 atom stereocenters. The fourth-order valence-electron chi connectivity index (χ4n) is 3.09. The fraction of sp³-hybridized carbons (Fsp3) is 0.316. The van der Waals surface area contributed by atoms with Crippen molar-refractivity contribution in [2.45, 2.75) is 27.3 Å². The molecule has 0 fully saturated rings. The first-order valence-corrected chi connectivity index (χ1v) is 8.63.